The zero-order chi connectivity index (χ0) is 11.6. The van der Waals surface area contributed by atoms with Crippen molar-refractivity contribution in [2.24, 2.45) is 5.41 Å². The molecule has 1 aliphatic heterocycles. The molecule has 1 saturated heterocycles. The van der Waals surface area contributed by atoms with Gasteiger partial charge in [0.05, 0.1) is 0 Å². The molecule has 1 N–H and O–H groups in total. The molecule has 1 amide bonds. The van der Waals surface area contributed by atoms with Gasteiger partial charge in [-0.3, -0.25) is 4.79 Å². The Morgan fingerprint density at radius 2 is 2.00 bits per heavy atom. The summed E-state index contributed by atoms with van der Waals surface area (Å²) in [4.78, 5) is 33.2. The van der Waals surface area contributed by atoms with E-state index in [9.17, 15) is 14.4 Å². The number of hydrogen-bond acceptors (Lipinski definition) is 4. The van der Waals surface area contributed by atoms with E-state index >= 15 is 0 Å². The zero-order valence-electron chi connectivity index (χ0n) is 9.12. The van der Waals surface area contributed by atoms with Crippen LogP contribution in [0.4, 0.5) is 4.79 Å². The second kappa shape index (κ2) is 4.00. The lowest BCUT2D eigenvalue weighted by Crippen LogP contribution is -2.32. The Hall–Kier alpha value is -1.39. The Balaban J connectivity index is 2.45. The fourth-order valence-electron chi connectivity index (χ4n) is 1.42. The van der Waals surface area contributed by atoms with Gasteiger partial charge in [-0.2, -0.15) is 0 Å². The van der Waals surface area contributed by atoms with E-state index in [-0.39, 0.29) is 17.6 Å². The van der Waals surface area contributed by atoms with Crippen molar-refractivity contribution in [1.29, 1.82) is 0 Å². The van der Waals surface area contributed by atoms with E-state index in [2.05, 4.69) is 10.1 Å². The monoisotopic (exact) mass is 213 g/mol. The molecule has 0 aromatic heterocycles. The van der Waals surface area contributed by atoms with Crippen LogP contribution in [-0.2, 0) is 14.3 Å². The molecule has 84 valence electrons. The van der Waals surface area contributed by atoms with Crippen molar-refractivity contribution < 1.29 is 19.1 Å². The fourth-order valence-corrected chi connectivity index (χ4v) is 1.42. The average Bonchev–Trinajstić information content (AvgIpc) is 2.25. The van der Waals surface area contributed by atoms with Crippen LogP contribution >= 0.6 is 0 Å². The Morgan fingerprint density at radius 1 is 1.40 bits per heavy atom. The number of cyclic esters (lactones) is 2. The van der Waals surface area contributed by atoms with Crippen molar-refractivity contribution in [1.82, 2.24) is 5.32 Å². The number of esters is 1. The number of carbonyl (C=O) groups excluding carboxylic acids is 3. The smallest absolute Gasteiger partial charge is 0.375 e. The predicted molar refractivity (Wildman–Crippen MR) is 52.1 cm³/mol. The SMILES string of the molecule is CC(C)(C)CC(=O)C[C@@H]1NC(=O)OC1=O. The van der Waals surface area contributed by atoms with Gasteiger partial charge in [0.1, 0.15) is 11.8 Å². The van der Waals surface area contributed by atoms with E-state index in [0.29, 0.717) is 6.42 Å². The van der Waals surface area contributed by atoms with Crippen LogP contribution in [0.2, 0.25) is 0 Å². The highest BCUT2D eigenvalue weighted by atomic mass is 16.6. The largest absolute Gasteiger partial charge is 0.415 e. The van der Waals surface area contributed by atoms with Gasteiger partial charge in [0.15, 0.2) is 0 Å². The first-order valence-corrected chi connectivity index (χ1v) is 4.82. The van der Waals surface area contributed by atoms with Gasteiger partial charge in [-0.1, -0.05) is 20.8 Å². The van der Waals surface area contributed by atoms with Crippen LogP contribution in [0.1, 0.15) is 33.6 Å². The summed E-state index contributed by atoms with van der Waals surface area (Å²) in [6.45, 7) is 5.82. The molecular formula is C10H15NO4. The molecule has 5 heteroatoms. The minimum Gasteiger partial charge on any atom is -0.375 e. The summed E-state index contributed by atoms with van der Waals surface area (Å²) in [6.07, 6.45) is -0.373. The Morgan fingerprint density at radius 3 is 2.40 bits per heavy atom. The van der Waals surface area contributed by atoms with E-state index in [4.69, 9.17) is 0 Å². The Bertz CT molecular complexity index is 303. The molecule has 0 aromatic carbocycles. The van der Waals surface area contributed by atoms with Crippen LogP contribution in [0, 0.1) is 5.41 Å². The minimum absolute atomic E-state index is 0.0157. The molecule has 0 saturated carbocycles. The molecule has 0 radical (unpaired) electrons. The molecule has 1 fully saturated rings. The highest BCUT2D eigenvalue weighted by Crippen LogP contribution is 2.20. The zero-order valence-corrected chi connectivity index (χ0v) is 9.12. The van der Waals surface area contributed by atoms with Crippen LogP contribution in [-0.4, -0.2) is 23.9 Å². The molecule has 1 rings (SSSR count). The highest BCUT2D eigenvalue weighted by Gasteiger charge is 2.34. The van der Waals surface area contributed by atoms with Gasteiger partial charge in [0, 0.05) is 12.8 Å². The summed E-state index contributed by atoms with van der Waals surface area (Å²) in [5.74, 6) is -0.714. The lowest BCUT2D eigenvalue weighted by molar-refractivity contribution is -0.137. The van der Waals surface area contributed by atoms with Crippen LogP contribution in [0.3, 0.4) is 0 Å². The molecule has 1 heterocycles. The van der Waals surface area contributed by atoms with Crippen LogP contribution in [0.25, 0.3) is 0 Å². The highest BCUT2D eigenvalue weighted by molar-refractivity contribution is 5.98. The number of amides is 1. The summed E-state index contributed by atoms with van der Waals surface area (Å²) in [5.41, 5.74) is -0.108. The predicted octanol–water partition coefficient (Wildman–Crippen LogP) is 1.02. The van der Waals surface area contributed by atoms with Gasteiger partial charge >= 0.3 is 12.1 Å². The molecule has 0 bridgehead atoms. The number of hydrogen-bond donors (Lipinski definition) is 1. The molecule has 0 aromatic rings. The van der Waals surface area contributed by atoms with Crippen molar-refractivity contribution in [3.05, 3.63) is 0 Å². The Kier molecular flexibility index (Phi) is 3.12. The van der Waals surface area contributed by atoms with E-state index in [1.54, 1.807) is 0 Å². The standard InChI is InChI=1S/C10H15NO4/c1-10(2,3)5-6(12)4-7-8(13)15-9(14)11-7/h7H,4-5H2,1-3H3,(H,11,14)/t7-/m0/s1. The van der Waals surface area contributed by atoms with E-state index in [0.717, 1.165) is 0 Å². The third-order valence-corrected chi connectivity index (χ3v) is 1.93. The number of alkyl carbamates (subject to hydrolysis) is 1. The maximum Gasteiger partial charge on any atom is 0.415 e. The molecule has 1 aliphatic rings. The van der Waals surface area contributed by atoms with E-state index in [1.165, 1.54) is 0 Å². The summed E-state index contributed by atoms with van der Waals surface area (Å²) in [7, 11) is 0. The first-order valence-electron chi connectivity index (χ1n) is 4.82. The molecule has 0 unspecified atom stereocenters. The van der Waals surface area contributed by atoms with Gasteiger partial charge in [-0.25, -0.2) is 9.59 Å². The number of rotatable bonds is 3. The van der Waals surface area contributed by atoms with Crippen molar-refractivity contribution in [3.8, 4) is 0 Å². The van der Waals surface area contributed by atoms with Crippen molar-refractivity contribution >= 4 is 17.8 Å². The maximum absolute atomic E-state index is 11.5. The second-order valence-electron chi connectivity index (χ2n) is 4.89. The van der Waals surface area contributed by atoms with E-state index < -0.39 is 18.1 Å². The average molecular weight is 213 g/mol. The number of Topliss-reactive ketones (excluding diaryl/α,β-unsaturated/α-hetero) is 1. The van der Waals surface area contributed by atoms with Gasteiger partial charge in [-0.05, 0) is 5.41 Å². The number of ketones is 1. The van der Waals surface area contributed by atoms with Crippen LogP contribution in [0.5, 0.6) is 0 Å². The minimum atomic E-state index is -0.799. The van der Waals surface area contributed by atoms with Crippen LogP contribution in [0.15, 0.2) is 0 Å². The molecule has 15 heavy (non-hydrogen) atoms. The third kappa shape index (κ3) is 3.69. The van der Waals surface area contributed by atoms with Crippen LogP contribution < -0.4 is 5.32 Å². The lowest BCUT2D eigenvalue weighted by Gasteiger charge is -2.17. The van der Waals surface area contributed by atoms with E-state index in [1.807, 2.05) is 20.8 Å². The van der Waals surface area contributed by atoms with Gasteiger partial charge in [-0.15, -0.1) is 0 Å². The first kappa shape index (κ1) is 11.7. The summed E-state index contributed by atoms with van der Waals surface area (Å²) < 4.78 is 4.26. The topological polar surface area (TPSA) is 72.5 Å². The van der Waals surface area contributed by atoms with Gasteiger partial charge in [0.2, 0.25) is 0 Å². The van der Waals surface area contributed by atoms with Crippen molar-refractivity contribution in [2.45, 2.75) is 39.7 Å². The summed E-state index contributed by atoms with van der Waals surface area (Å²) in [5, 5.41) is 2.29. The van der Waals surface area contributed by atoms with Gasteiger partial charge in [0.25, 0.3) is 0 Å². The molecule has 1 atom stereocenters. The second-order valence-corrected chi connectivity index (χ2v) is 4.89. The quantitative estimate of drug-likeness (QED) is 0.561. The maximum atomic E-state index is 11.5. The van der Waals surface area contributed by atoms with Crippen molar-refractivity contribution in [2.75, 3.05) is 0 Å². The summed E-state index contributed by atoms with van der Waals surface area (Å²) in [6, 6.07) is -0.799. The lowest BCUT2D eigenvalue weighted by atomic mass is 9.88. The summed E-state index contributed by atoms with van der Waals surface area (Å²) >= 11 is 0. The number of nitrogens with one attached hydrogen (secondary N) is 1. The number of ether oxygens (including phenoxy) is 1. The molecule has 5 nitrogen and oxygen atoms in total. The fraction of sp³-hybridized carbons (Fsp3) is 0.700. The Labute approximate surface area is 88.2 Å². The number of carbonyl (C=O) groups is 3. The molecular weight excluding hydrogens is 198 g/mol. The third-order valence-electron chi connectivity index (χ3n) is 1.93. The first-order chi connectivity index (χ1) is 6.78. The molecule has 0 spiro atoms. The molecule has 0 aliphatic carbocycles. The van der Waals surface area contributed by atoms with Crippen molar-refractivity contribution in [3.63, 3.8) is 0 Å². The normalized spacial score (nSPS) is 21.1. The van der Waals surface area contributed by atoms with Gasteiger partial charge < -0.3 is 10.1 Å².